The second-order valence-corrected chi connectivity index (χ2v) is 7.75. The summed E-state index contributed by atoms with van der Waals surface area (Å²) in [5, 5.41) is 4.73. The maximum atomic E-state index is 13.1. The van der Waals surface area contributed by atoms with E-state index in [0.717, 1.165) is 31.4 Å². The van der Waals surface area contributed by atoms with Crippen LogP contribution < -0.4 is 9.47 Å². The van der Waals surface area contributed by atoms with Gasteiger partial charge in [-0.25, -0.2) is 0 Å². The highest BCUT2D eigenvalue weighted by molar-refractivity contribution is 5.78. The zero-order valence-corrected chi connectivity index (χ0v) is 16.8. The Morgan fingerprint density at radius 3 is 2.68 bits per heavy atom. The van der Waals surface area contributed by atoms with Crippen molar-refractivity contribution in [1.82, 2.24) is 14.7 Å². The van der Waals surface area contributed by atoms with Gasteiger partial charge in [-0.15, -0.1) is 0 Å². The number of amides is 1. The monoisotopic (exact) mass is 383 g/mol. The Morgan fingerprint density at radius 2 is 1.93 bits per heavy atom. The van der Waals surface area contributed by atoms with E-state index in [4.69, 9.17) is 14.6 Å². The second-order valence-electron chi connectivity index (χ2n) is 7.75. The SMILES string of the molecule is COc1ccccc1OCC(=O)N(Cc1nn(C)c2c1CCC2)C1CCCC1. The van der Waals surface area contributed by atoms with Gasteiger partial charge in [-0.1, -0.05) is 25.0 Å². The predicted octanol–water partition coefficient (Wildman–Crippen LogP) is 3.27. The van der Waals surface area contributed by atoms with Gasteiger partial charge in [0, 0.05) is 18.8 Å². The number of benzene rings is 1. The largest absolute Gasteiger partial charge is 0.493 e. The third-order valence-electron chi connectivity index (χ3n) is 6.02. The first kappa shape index (κ1) is 18.8. The first-order valence-corrected chi connectivity index (χ1v) is 10.3. The fourth-order valence-electron chi connectivity index (χ4n) is 4.58. The molecule has 6 nitrogen and oxygen atoms in total. The summed E-state index contributed by atoms with van der Waals surface area (Å²) in [5.41, 5.74) is 3.75. The molecule has 1 aromatic carbocycles. The molecule has 0 unspecified atom stereocenters. The van der Waals surface area contributed by atoms with Crippen LogP contribution in [-0.2, 0) is 31.2 Å². The third kappa shape index (κ3) is 3.73. The molecule has 4 rings (SSSR count). The van der Waals surface area contributed by atoms with Crippen molar-refractivity contribution in [3.63, 3.8) is 0 Å². The van der Waals surface area contributed by atoms with Crippen molar-refractivity contribution in [2.45, 2.75) is 57.5 Å². The number of para-hydroxylation sites is 2. The smallest absolute Gasteiger partial charge is 0.261 e. The van der Waals surface area contributed by atoms with Crippen LogP contribution in [0.4, 0.5) is 0 Å². The summed E-state index contributed by atoms with van der Waals surface area (Å²) in [6.45, 7) is 0.605. The number of carbonyl (C=O) groups excluding carboxylic acids is 1. The van der Waals surface area contributed by atoms with Gasteiger partial charge in [-0.05, 0) is 49.8 Å². The second kappa shape index (κ2) is 8.25. The van der Waals surface area contributed by atoms with E-state index in [9.17, 15) is 4.79 Å². The third-order valence-corrected chi connectivity index (χ3v) is 6.02. The van der Waals surface area contributed by atoms with Gasteiger partial charge in [0.1, 0.15) is 0 Å². The fraction of sp³-hybridized carbons (Fsp3) is 0.545. The minimum atomic E-state index is 0.0197. The van der Waals surface area contributed by atoms with E-state index in [1.54, 1.807) is 7.11 Å². The molecular formula is C22H29N3O3. The van der Waals surface area contributed by atoms with Gasteiger partial charge < -0.3 is 14.4 Å². The number of fused-ring (bicyclic) bond motifs is 1. The van der Waals surface area contributed by atoms with Crippen LogP contribution in [0.2, 0.25) is 0 Å². The van der Waals surface area contributed by atoms with Crippen LogP contribution in [0.15, 0.2) is 24.3 Å². The summed E-state index contributed by atoms with van der Waals surface area (Å²) in [6, 6.07) is 7.73. The topological polar surface area (TPSA) is 56.6 Å². The maximum Gasteiger partial charge on any atom is 0.261 e. The van der Waals surface area contributed by atoms with E-state index < -0.39 is 0 Å². The molecule has 1 amide bonds. The Morgan fingerprint density at radius 1 is 1.18 bits per heavy atom. The fourth-order valence-corrected chi connectivity index (χ4v) is 4.58. The maximum absolute atomic E-state index is 13.1. The van der Waals surface area contributed by atoms with Gasteiger partial charge in [0.2, 0.25) is 0 Å². The van der Waals surface area contributed by atoms with Gasteiger partial charge >= 0.3 is 0 Å². The standard InChI is InChI=1S/C22H29N3O3/c1-24-19-11-7-10-17(19)18(23-24)14-25(16-8-3-4-9-16)22(26)15-28-21-13-6-5-12-20(21)27-2/h5-6,12-13,16H,3-4,7-11,14-15H2,1-2H3. The van der Waals surface area contributed by atoms with Gasteiger partial charge in [-0.3, -0.25) is 9.48 Å². The predicted molar refractivity (Wildman–Crippen MR) is 107 cm³/mol. The Labute approximate surface area is 166 Å². The molecule has 0 aliphatic heterocycles. The minimum Gasteiger partial charge on any atom is -0.493 e. The Balaban J connectivity index is 1.50. The van der Waals surface area contributed by atoms with Gasteiger partial charge in [-0.2, -0.15) is 5.10 Å². The van der Waals surface area contributed by atoms with Crippen molar-refractivity contribution >= 4 is 5.91 Å². The highest BCUT2D eigenvalue weighted by Crippen LogP contribution is 2.30. The molecule has 6 heteroatoms. The van der Waals surface area contributed by atoms with Crippen molar-refractivity contribution in [2.24, 2.45) is 7.05 Å². The molecule has 1 fully saturated rings. The number of aryl methyl sites for hydroxylation is 1. The molecule has 0 atom stereocenters. The normalized spacial score (nSPS) is 16.2. The van der Waals surface area contributed by atoms with Crippen molar-refractivity contribution in [3.8, 4) is 11.5 Å². The summed E-state index contributed by atoms with van der Waals surface area (Å²) < 4.78 is 13.1. The van der Waals surface area contributed by atoms with Crippen molar-refractivity contribution < 1.29 is 14.3 Å². The number of nitrogens with zero attached hydrogens (tertiary/aromatic N) is 3. The highest BCUT2D eigenvalue weighted by Gasteiger charge is 2.30. The molecule has 2 aliphatic rings. The molecular weight excluding hydrogens is 354 g/mol. The molecule has 150 valence electrons. The lowest BCUT2D eigenvalue weighted by Crippen LogP contribution is -2.41. The van der Waals surface area contributed by atoms with Crippen molar-refractivity contribution in [3.05, 3.63) is 41.2 Å². The quantitative estimate of drug-likeness (QED) is 0.736. The molecule has 0 radical (unpaired) electrons. The van der Waals surface area contributed by atoms with Crippen LogP contribution in [-0.4, -0.2) is 40.3 Å². The Bertz CT molecular complexity index is 840. The Kier molecular flexibility index (Phi) is 5.55. The summed E-state index contributed by atoms with van der Waals surface area (Å²) in [6.07, 6.45) is 7.84. The van der Waals surface area contributed by atoms with Crippen LogP contribution in [0.3, 0.4) is 0 Å². The number of methoxy groups -OCH3 is 1. The molecule has 2 aliphatic carbocycles. The number of aromatic nitrogens is 2. The van der Waals surface area contributed by atoms with E-state index in [1.807, 2.05) is 40.9 Å². The Hall–Kier alpha value is -2.50. The van der Waals surface area contributed by atoms with E-state index in [0.29, 0.717) is 18.0 Å². The van der Waals surface area contributed by atoms with Gasteiger partial charge in [0.25, 0.3) is 5.91 Å². The van der Waals surface area contributed by atoms with Gasteiger partial charge in [0.05, 0.1) is 19.3 Å². The first-order chi connectivity index (χ1) is 13.7. The van der Waals surface area contributed by atoms with E-state index in [-0.39, 0.29) is 18.6 Å². The zero-order chi connectivity index (χ0) is 19.5. The lowest BCUT2D eigenvalue weighted by atomic mass is 10.1. The van der Waals surface area contributed by atoms with Gasteiger partial charge in [0.15, 0.2) is 18.1 Å². The first-order valence-electron chi connectivity index (χ1n) is 10.3. The summed E-state index contributed by atoms with van der Waals surface area (Å²) in [4.78, 5) is 15.1. The van der Waals surface area contributed by atoms with Crippen LogP contribution in [0.1, 0.15) is 49.1 Å². The number of carbonyl (C=O) groups is 1. The number of hydrogen-bond acceptors (Lipinski definition) is 4. The lowest BCUT2D eigenvalue weighted by Gasteiger charge is -2.29. The number of ether oxygens (including phenoxy) is 2. The average molecular weight is 383 g/mol. The molecule has 0 saturated heterocycles. The van der Waals surface area contributed by atoms with E-state index in [1.165, 1.54) is 30.5 Å². The number of hydrogen-bond donors (Lipinski definition) is 0. The van der Waals surface area contributed by atoms with Crippen LogP contribution in [0, 0.1) is 0 Å². The van der Waals surface area contributed by atoms with E-state index in [2.05, 4.69) is 0 Å². The summed E-state index contributed by atoms with van der Waals surface area (Å²) in [7, 11) is 3.62. The molecule has 0 N–H and O–H groups in total. The lowest BCUT2D eigenvalue weighted by molar-refractivity contribution is -0.136. The molecule has 28 heavy (non-hydrogen) atoms. The molecule has 1 saturated carbocycles. The molecule has 0 spiro atoms. The zero-order valence-electron chi connectivity index (χ0n) is 16.8. The summed E-state index contributed by atoms with van der Waals surface area (Å²) in [5.74, 6) is 1.27. The van der Waals surface area contributed by atoms with Crippen LogP contribution >= 0.6 is 0 Å². The molecule has 1 heterocycles. The van der Waals surface area contributed by atoms with Crippen molar-refractivity contribution in [1.29, 1.82) is 0 Å². The van der Waals surface area contributed by atoms with E-state index >= 15 is 0 Å². The molecule has 2 aromatic rings. The molecule has 0 bridgehead atoms. The minimum absolute atomic E-state index is 0.0197. The van der Waals surface area contributed by atoms with Crippen LogP contribution in [0.5, 0.6) is 11.5 Å². The number of rotatable bonds is 7. The summed E-state index contributed by atoms with van der Waals surface area (Å²) >= 11 is 0. The molecule has 1 aromatic heterocycles. The average Bonchev–Trinajstić information content (AvgIpc) is 3.45. The van der Waals surface area contributed by atoms with Crippen LogP contribution in [0.25, 0.3) is 0 Å². The highest BCUT2D eigenvalue weighted by atomic mass is 16.5. The van der Waals surface area contributed by atoms with Crippen molar-refractivity contribution in [2.75, 3.05) is 13.7 Å².